The summed E-state index contributed by atoms with van der Waals surface area (Å²) in [4.78, 5) is 0. The molecule has 2 N–H and O–H groups in total. The van der Waals surface area contributed by atoms with Gasteiger partial charge in [-0.15, -0.1) is 0 Å². The molecule has 0 aromatic heterocycles. The number of nitrogens with one attached hydrogen (secondary N) is 1. The molecule has 0 aliphatic rings. The van der Waals surface area contributed by atoms with E-state index in [0.717, 1.165) is 11.3 Å². The maximum absolute atomic E-state index is 8.91. The van der Waals surface area contributed by atoms with Crippen molar-refractivity contribution in [3.63, 3.8) is 0 Å². The number of aliphatic hydroxyl groups excluding tert-OH is 1. The number of methoxy groups -OCH3 is 1. The molecule has 0 bridgehead atoms. The summed E-state index contributed by atoms with van der Waals surface area (Å²) in [5, 5.41) is 12.7. The zero-order valence-electron chi connectivity index (χ0n) is 8.96. The third-order valence-electron chi connectivity index (χ3n) is 2.35. The van der Waals surface area contributed by atoms with E-state index in [1.807, 2.05) is 19.2 Å². The molecule has 84 valence electrons. The van der Waals surface area contributed by atoms with Gasteiger partial charge in [0.1, 0.15) is 5.75 Å². The van der Waals surface area contributed by atoms with Crippen LogP contribution in [0.25, 0.3) is 0 Å². The number of rotatable bonds is 5. The first-order chi connectivity index (χ1) is 7.22. The first-order valence-corrected chi connectivity index (χ1v) is 5.22. The lowest BCUT2D eigenvalue weighted by Gasteiger charge is -2.17. The molecule has 0 aliphatic heterocycles. The van der Waals surface area contributed by atoms with Gasteiger partial charge in [-0.25, -0.2) is 0 Å². The van der Waals surface area contributed by atoms with Crippen molar-refractivity contribution >= 4 is 11.6 Å². The second-order valence-electron chi connectivity index (χ2n) is 3.24. The summed E-state index contributed by atoms with van der Waals surface area (Å²) < 4.78 is 5.07. The first-order valence-electron chi connectivity index (χ1n) is 4.84. The van der Waals surface area contributed by atoms with Crippen molar-refractivity contribution in [3.05, 3.63) is 28.8 Å². The van der Waals surface area contributed by atoms with Crippen molar-refractivity contribution in [1.29, 1.82) is 0 Å². The average molecular weight is 230 g/mol. The van der Waals surface area contributed by atoms with E-state index in [1.54, 1.807) is 13.2 Å². The molecule has 15 heavy (non-hydrogen) atoms. The molecular formula is C11H16ClNO2. The van der Waals surface area contributed by atoms with Crippen LogP contribution in [0.3, 0.4) is 0 Å². The highest BCUT2D eigenvalue weighted by Crippen LogP contribution is 2.28. The quantitative estimate of drug-likeness (QED) is 0.812. The molecule has 1 aromatic carbocycles. The second kappa shape index (κ2) is 5.95. The molecule has 0 heterocycles. The maximum atomic E-state index is 8.91. The van der Waals surface area contributed by atoms with Crippen molar-refractivity contribution in [3.8, 4) is 5.75 Å². The normalized spacial score (nSPS) is 12.5. The number of ether oxygens (including phenoxy) is 1. The Morgan fingerprint density at radius 1 is 1.53 bits per heavy atom. The Morgan fingerprint density at radius 2 is 2.27 bits per heavy atom. The Labute approximate surface area is 95.0 Å². The lowest BCUT2D eigenvalue weighted by atomic mass is 10.0. The Balaban J connectivity index is 2.92. The fourth-order valence-electron chi connectivity index (χ4n) is 1.50. The second-order valence-corrected chi connectivity index (χ2v) is 3.65. The number of hydrogen-bond acceptors (Lipinski definition) is 3. The van der Waals surface area contributed by atoms with E-state index in [9.17, 15) is 0 Å². The minimum Gasteiger partial charge on any atom is -0.497 e. The van der Waals surface area contributed by atoms with Gasteiger partial charge in [-0.2, -0.15) is 0 Å². The van der Waals surface area contributed by atoms with Gasteiger partial charge in [0.15, 0.2) is 0 Å². The minimum absolute atomic E-state index is 0.0772. The van der Waals surface area contributed by atoms with E-state index in [1.165, 1.54) is 0 Å². The van der Waals surface area contributed by atoms with E-state index < -0.39 is 0 Å². The summed E-state index contributed by atoms with van der Waals surface area (Å²) >= 11 is 6.12. The smallest absolute Gasteiger partial charge is 0.120 e. The SMILES string of the molecule is CNC(CCO)c1ccc(OC)cc1Cl. The highest BCUT2D eigenvalue weighted by atomic mass is 35.5. The van der Waals surface area contributed by atoms with Gasteiger partial charge in [0.25, 0.3) is 0 Å². The summed E-state index contributed by atoms with van der Waals surface area (Å²) in [6, 6.07) is 5.63. The molecule has 0 aliphatic carbocycles. The summed E-state index contributed by atoms with van der Waals surface area (Å²) in [5.74, 6) is 0.739. The number of halogens is 1. The molecule has 4 heteroatoms. The fraction of sp³-hybridized carbons (Fsp3) is 0.455. The van der Waals surface area contributed by atoms with Gasteiger partial charge >= 0.3 is 0 Å². The molecule has 1 aromatic rings. The maximum Gasteiger partial charge on any atom is 0.120 e. The molecule has 1 atom stereocenters. The van der Waals surface area contributed by atoms with Crippen LogP contribution >= 0.6 is 11.6 Å². The molecule has 0 spiro atoms. The molecule has 0 saturated heterocycles. The Kier molecular flexibility index (Phi) is 4.88. The average Bonchev–Trinajstić information content (AvgIpc) is 2.26. The van der Waals surface area contributed by atoms with Gasteiger partial charge in [0.05, 0.1) is 7.11 Å². The van der Waals surface area contributed by atoms with E-state index in [4.69, 9.17) is 21.4 Å². The van der Waals surface area contributed by atoms with Crippen LogP contribution in [-0.2, 0) is 0 Å². The number of benzene rings is 1. The van der Waals surface area contributed by atoms with Gasteiger partial charge in [0, 0.05) is 17.7 Å². The van der Waals surface area contributed by atoms with Gasteiger partial charge in [-0.05, 0) is 31.2 Å². The molecular weight excluding hydrogens is 214 g/mol. The van der Waals surface area contributed by atoms with Crippen molar-refractivity contribution in [2.45, 2.75) is 12.5 Å². The monoisotopic (exact) mass is 229 g/mol. The summed E-state index contributed by atoms with van der Waals surface area (Å²) in [6.07, 6.45) is 0.641. The van der Waals surface area contributed by atoms with Crippen LogP contribution in [0.15, 0.2) is 18.2 Å². The third-order valence-corrected chi connectivity index (χ3v) is 2.68. The van der Waals surface area contributed by atoms with Crippen molar-refractivity contribution in [2.24, 2.45) is 0 Å². The third kappa shape index (κ3) is 3.09. The van der Waals surface area contributed by atoms with E-state index in [0.29, 0.717) is 11.4 Å². The minimum atomic E-state index is 0.0772. The van der Waals surface area contributed by atoms with Gasteiger partial charge < -0.3 is 15.2 Å². The van der Waals surface area contributed by atoms with E-state index >= 15 is 0 Å². The fourth-order valence-corrected chi connectivity index (χ4v) is 1.80. The molecule has 1 unspecified atom stereocenters. The number of aliphatic hydroxyl groups is 1. The van der Waals surface area contributed by atoms with Crippen LogP contribution in [-0.4, -0.2) is 25.9 Å². The van der Waals surface area contributed by atoms with Crippen molar-refractivity contribution in [2.75, 3.05) is 20.8 Å². The van der Waals surface area contributed by atoms with Gasteiger partial charge in [-0.1, -0.05) is 17.7 Å². The topological polar surface area (TPSA) is 41.5 Å². The molecule has 3 nitrogen and oxygen atoms in total. The van der Waals surface area contributed by atoms with E-state index in [-0.39, 0.29) is 12.6 Å². The van der Waals surface area contributed by atoms with Crippen LogP contribution in [0.1, 0.15) is 18.0 Å². The number of hydrogen-bond donors (Lipinski definition) is 2. The highest BCUT2D eigenvalue weighted by Gasteiger charge is 2.12. The highest BCUT2D eigenvalue weighted by molar-refractivity contribution is 6.31. The Morgan fingerprint density at radius 3 is 2.73 bits per heavy atom. The largest absolute Gasteiger partial charge is 0.497 e. The van der Waals surface area contributed by atoms with Crippen LogP contribution in [0.5, 0.6) is 5.75 Å². The summed E-state index contributed by atoms with van der Waals surface area (Å²) in [6.45, 7) is 0.133. The van der Waals surface area contributed by atoms with Crippen molar-refractivity contribution < 1.29 is 9.84 Å². The molecule has 0 amide bonds. The summed E-state index contributed by atoms with van der Waals surface area (Å²) in [7, 11) is 3.45. The molecule has 0 radical (unpaired) electrons. The zero-order chi connectivity index (χ0) is 11.3. The Hall–Kier alpha value is -0.770. The Bertz CT molecular complexity index is 317. The zero-order valence-corrected chi connectivity index (χ0v) is 9.71. The van der Waals surface area contributed by atoms with Crippen LogP contribution in [0, 0.1) is 0 Å². The van der Waals surface area contributed by atoms with Crippen molar-refractivity contribution in [1.82, 2.24) is 5.32 Å². The van der Waals surface area contributed by atoms with Crippen LogP contribution in [0.2, 0.25) is 5.02 Å². The predicted octanol–water partition coefficient (Wildman–Crippen LogP) is 1.99. The lowest BCUT2D eigenvalue weighted by Crippen LogP contribution is -2.17. The standard InChI is InChI=1S/C11H16ClNO2/c1-13-11(5-6-14)9-4-3-8(15-2)7-10(9)12/h3-4,7,11,13-14H,5-6H2,1-2H3. The molecule has 0 saturated carbocycles. The first kappa shape index (κ1) is 12.3. The van der Waals surface area contributed by atoms with E-state index in [2.05, 4.69) is 5.32 Å². The predicted molar refractivity (Wildman–Crippen MR) is 61.5 cm³/mol. The van der Waals surface area contributed by atoms with Crippen LogP contribution in [0.4, 0.5) is 0 Å². The van der Waals surface area contributed by atoms with Crippen LogP contribution < -0.4 is 10.1 Å². The van der Waals surface area contributed by atoms with Gasteiger partial charge in [0.2, 0.25) is 0 Å². The molecule has 0 fully saturated rings. The summed E-state index contributed by atoms with van der Waals surface area (Å²) in [5.41, 5.74) is 0.981. The lowest BCUT2D eigenvalue weighted by molar-refractivity contribution is 0.269. The molecule has 1 rings (SSSR count). The van der Waals surface area contributed by atoms with Gasteiger partial charge in [-0.3, -0.25) is 0 Å².